The van der Waals surface area contributed by atoms with E-state index in [1.807, 2.05) is 42.5 Å². The van der Waals surface area contributed by atoms with Crippen LogP contribution in [0.4, 0.5) is 0 Å². The highest BCUT2D eigenvalue weighted by molar-refractivity contribution is 5.89. The highest BCUT2D eigenvalue weighted by Crippen LogP contribution is 2.31. The number of rotatable bonds is 4. The van der Waals surface area contributed by atoms with E-state index in [1.165, 1.54) is 31.5 Å². The maximum Gasteiger partial charge on any atom is 0.200 e. The monoisotopic (exact) mass is 361 g/mol. The molecular formula is C23H23NO3. The summed E-state index contributed by atoms with van der Waals surface area (Å²) < 4.78 is 11.7. The lowest BCUT2D eigenvalue weighted by Gasteiger charge is -2.41. The van der Waals surface area contributed by atoms with Gasteiger partial charge in [0.2, 0.25) is 5.43 Å². The number of nitrogens with zero attached hydrogens (tertiary/aromatic N) is 1. The molecule has 4 heteroatoms. The van der Waals surface area contributed by atoms with Gasteiger partial charge >= 0.3 is 0 Å². The Labute approximate surface area is 158 Å². The molecule has 0 atom stereocenters. The third kappa shape index (κ3) is 3.20. The van der Waals surface area contributed by atoms with Crippen molar-refractivity contribution in [3.8, 4) is 0 Å². The first-order valence-corrected chi connectivity index (χ1v) is 9.71. The summed E-state index contributed by atoms with van der Waals surface area (Å²) >= 11 is 0. The molecule has 138 valence electrons. The second kappa shape index (κ2) is 6.95. The van der Waals surface area contributed by atoms with Gasteiger partial charge in [0.15, 0.2) is 0 Å². The maximum atomic E-state index is 12.7. The summed E-state index contributed by atoms with van der Waals surface area (Å²) in [5.74, 6) is 0.761. The van der Waals surface area contributed by atoms with Crippen LogP contribution in [0.15, 0.2) is 63.3 Å². The summed E-state index contributed by atoms with van der Waals surface area (Å²) in [5.41, 5.74) is 3.80. The average molecular weight is 361 g/mol. The highest BCUT2D eigenvalue weighted by atomic mass is 16.5. The SMILES string of the molecule is O=c1c2ccccc2oc2ccc(COC/C=C3\CN4CCC3CC4)cc12. The molecule has 3 aromatic rings. The van der Waals surface area contributed by atoms with Crippen LogP contribution in [0.25, 0.3) is 21.9 Å². The van der Waals surface area contributed by atoms with Gasteiger partial charge in [-0.25, -0.2) is 0 Å². The molecule has 3 aliphatic heterocycles. The summed E-state index contributed by atoms with van der Waals surface area (Å²) in [5, 5.41) is 1.24. The van der Waals surface area contributed by atoms with Crippen LogP contribution in [-0.4, -0.2) is 31.1 Å². The molecule has 0 N–H and O–H groups in total. The predicted molar refractivity (Wildman–Crippen MR) is 107 cm³/mol. The molecule has 1 aromatic heterocycles. The number of hydrogen-bond donors (Lipinski definition) is 0. The molecule has 3 fully saturated rings. The lowest BCUT2D eigenvalue weighted by molar-refractivity contribution is 0.139. The zero-order valence-electron chi connectivity index (χ0n) is 15.3. The Bertz CT molecular complexity index is 1070. The fourth-order valence-electron chi connectivity index (χ4n) is 4.36. The number of benzene rings is 2. The maximum absolute atomic E-state index is 12.7. The Hall–Kier alpha value is -2.43. The fourth-order valence-corrected chi connectivity index (χ4v) is 4.36. The number of hydrogen-bond acceptors (Lipinski definition) is 4. The first-order chi connectivity index (χ1) is 13.3. The molecule has 3 saturated heterocycles. The molecule has 0 amide bonds. The smallest absolute Gasteiger partial charge is 0.200 e. The van der Waals surface area contributed by atoms with Gasteiger partial charge in [-0.05, 0) is 61.7 Å². The molecule has 6 rings (SSSR count). The molecule has 3 aliphatic rings. The molecule has 2 aromatic carbocycles. The third-order valence-corrected chi connectivity index (χ3v) is 5.89. The number of ether oxygens (including phenoxy) is 1. The van der Waals surface area contributed by atoms with Crippen LogP contribution in [0.3, 0.4) is 0 Å². The third-order valence-electron chi connectivity index (χ3n) is 5.89. The Balaban J connectivity index is 1.31. The Morgan fingerprint density at radius 3 is 2.70 bits per heavy atom. The summed E-state index contributed by atoms with van der Waals surface area (Å²) in [7, 11) is 0. The quantitative estimate of drug-likeness (QED) is 0.398. The summed E-state index contributed by atoms with van der Waals surface area (Å²) in [6.45, 7) is 4.73. The van der Waals surface area contributed by atoms with Gasteiger partial charge in [-0.15, -0.1) is 0 Å². The van der Waals surface area contributed by atoms with E-state index in [0.717, 1.165) is 18.0 Å². The van der Waals surface area contributed by atoms with Crippen LogP contribution in [0.1, 0.15) is 18.4 Å². The topological polar surface area (TPSA) is 42.7 Å². The number of fused-ring (bicyclic) bond motifs is 5. The van der Waals surface area contributed by atoms with Crippen LogP contribution >= 0.6 is 0 Å². The van der Waals surface area contributed by atoms with E-state index in [-0.39, 0.29) is 5.43 Å². The fraction of sp³-hybridized carbons (Fsp3) is 0.348. The summed E-state index contributed by atoms with van der Waals surface area (Å²) in [6.07, 6.45) is 4.85. The van der Waals surface area contributed by atoms with Crippen molar-refractivity contribution < 1.29 is 9.15 Å². The predicted octanol–water partition coefficient (Wildman–Crippen LogP) is 4.11. The normalized spacial score (nSPS) is 23.5. The molecule has 2 bridgehead atoms. The second-order valence-electron chi connectivity index (χ2n) is 7.60. The van der Waals surface area contributed by atoms with Gasteiger partial charge in [0.05, 0.1) is 24.0 Å². The lowest BCUT2D eigenvalue weighted by Crippen LogP contribution is -2.43. The zero-order chi connectivity index (χ0) is 18.2. The zero-order valence-corrected chi connectivity index (χ0v) is 15.3. The van der Waals surface area contributed by atoms with Crippen molar-refractivity contribution in [3.63, 3.8) is 0 Å². The van der Waals surface area contributed by atoms with Gasteiger partial charge in [0.1, 0.15) is 11.2 Å². The van der Waals surface area contributed by atoms with E-state index in [4.69, 9.17) is 9.15 Å². The van der Waals surface area contributed by atoms with Gasteiger partial charge in [0, 0.05) is 6.54 Å². The van der Waals surface area contributed by atoms with E-state index < -0.39 is 0 Å². The Kier molecular flexibility index (Phi) is 4.30. The van der Waals surface area contributed by atoms with Crippen molar-refractivity contribution >= 4 is 21.9 Å². The molecule has 4 nitrogen and oxygen atoms in total. The van der Waals surface area contributed by atoms with E-state index in [0.29, 0.717) is 35.2 Å². The molecule has 4 heterocycles. The van der Waals surface area contributed by atoms with Crippen LogP contribution < -0.4 is 5.43 Å². The molecule has 0 radical (unpaired) electrons. The van der Waals surface area contributed by atoms with Crippen molar-refractivity contribution in [2.75, 3.05) is 26.2 Å². The first-order valence-electron chi connectivity index (χ1n) is 9.71. The molecule has 0 spiro atoms. The molecule has 0 aliphatic carbocycles. The van der Waals surface area contributed by atoms with Gasteiger partial charge in [-0.3, -0.25) is 9.69 Å². The number of para-hydroxylation sites is 1. The van der Waals surface area contributed by atoms with Gasteiger partial charge < -0.3 is 9.15 Å². The molecule has 0 saturated carbocycles. The highest BCUT2D eigenvalue weighted by Gasteiger charge is 2.28. The van der Waals surface area contributed by atoms with Gasteiger partial charge in [-0.2, -0.15) is 0 Å². The summed E-state index contributed by atoms with van der Waals surface area (Å²) in [4.78, 5) is 15.3. The van der Waals surface area contributed by atoms with Crippen LogP contribution in [0.2, 0.25) is 0 Å². The lowest BCUT2D eigenvalue weighted by atomic mass is 9.84. The van der Waals surface area contributed by atoms with E-state index in [1.54, 1.807) is 0 Å². The van der Waals surface area contributed by atoms with Crippen molar-refractivity contribution in [2.24, 2.45) is 5.92 Å². The Morgan fingerprint density at radius 1 is 1.07 bits per heavy atom. The van der Waals surface area contributed by atoms with Crippen LogP contribution in [0.5, 0.6) is 0 Å². The van der Waals surface area contributed by atoms with Crippen molar-refractivity contribution in [1.29, 1.82) is 0 Å². The Morgan fingerprint density at radius 2 is 1.89 bits per heavy atom. The summed E-state index contributed by atoms with van der Waals surface area (Å²) in [6, 6.07) is 13.1. The van der Waals surface area contributed by atoms with Crippen molar-refractivity contribution in [3.05, 3.63) is 69.9 Å². The van der Waals surface area contributed by atoms with E-state index in [2.05, 4.69) is 11.0 Å². The van der Waals surface area contributed by atoms with Crippen molar-refractivity contribution in [2.45, 2.75) is 19.4 Å². The van der Waals surface area contributed by atoms with Crippen LogP contribution in [0, 0.1) is 5.92 Å². The van der Waals surface area contributed by atoms with Crippen molar-refractivity contribution in [1.82, 2.24) is 4.90 Å². The van der Waals surface area contributed by atoms with E-state index >= 15 is 0 Å². The standard InChI is InChI=1S/C23H23NO3/c25-23-19-3-1-2-4-21(19)27-22-6-5-16(13-20(22)23)15-26-12-9-18-14-24-10-7-17(18)8-11-24/h1-6,9,13,17H,7-8,10-12,14-15H2/b18-9+. The second-order valence-corrected chi connectivity index (χ2v) is 7.60. The minimum atomic E-state index is 0.0168. The minimum Gasteiger partial charge on any atom is -0.456 e. The number of piperidine rings is 3. The van der Waals surface area contributed by atoms with Crippen LogP contribution in [-0.2, 0) is 11.3 Å². The molecule has 27 heavy (non-hydrogen) atoms. The van der Waals surface area contributed by atoms with E-state index in [9.17, 15) is 4.79 Å². The largest absolute Gasteiger partial charge is 0.456 e. The van der Waals surface area contributed by atoms with Gasteiger partial charge in [-0.1, -0.05) is 29.8 Å². The minimum absolute atomic E-state index is 0.0168. The van der Waals surface area contributed by atoms with Gasteiger partial charge in [0.25, 0.3) is 0 Å². The average Bonchev–Trinajstić information content (AvgIpc) is 2.73. The molecule has 0 unspecified atom stereocenters. The first kappa shape index (κ1) is 16.7. The molecular weight excluding hydrogens is 338 g/mol.